The molecule has 6 heteroatoms. The Morgan fingerprint density at radius 1 is 1.13 bits per heavy atom. The molecule has 1 rings (SSSR count). The number of para-hydroxylation sites is 1. The molecule has 0 saturated carbocycles. The van der Waals surface area contributed by atoms with Crippen LogP contribution in [-0.4, -0.2) is 33.2 Å². The highest BCUT2D eigenvalue weighted by atomic mass is 32.2. The summed E-state index contributed by atoms with van der Waals surface area (Å²) in [4.78, 5) is 12.3. The number of hydrogen-bond donors (Lipinski definition) is 1. The van der Waals surface area contributed by atoms with E-state index in [-0.39, 0.29) is 30.3 Å². The van der Waals surface area contributed by atoms with Gasteiger partial charge in [-0.25, -0.2) is 8.42 Å². The molecule has 130 valence electrons. The summed E-state index contributed by atoms with van der Waals surface area (Å²) >= 11 is 0. The van der Waals surface area contributed by atoms with Gasteiger partial charge >= 0.3 is 0 Å². The molecule has 0 bridgehead atoms. The Hall–Kier alpha value is -1.56. The average Bonchev–Trinajstić information content (AvgIpc) is 2.43. The van der Waals surface area contributed by atoms with E-state index in [2.05, 4.69) is 5.32 Å². The molecule has 1 atom stereocenters. The lowest BCUT2D eigenvalue weighted by atomic mass is 10.0. The van der Waals surface area contributed by atoms with E-state index < -0.39 is 10.0 Å². The number of carbonyl (C=O) groups excluding carboxylic acids is 1. The lowest BCUT2D eigenvalue weighted by molar-refractivity contribution is -0.120. The van der Waals surface area contributed by atoms with Crippen LogP contribution in [0.15, 0.2) is 24.3 Å². The first-order chi connectivity index (χ1) is 10.5. The smallest absolute Gasteiger partial charge is 0.240 e. The molecule has 0 aliphatic rings. The molecule has 23 heavy (non-hydrogen) atoms. The molecule has 1 unspecified atom stereocenters. The van der Waals surface area contributed by atoms with Gasteiger partial charge in [-0.1, -0.05) is 45.9 Å². The number of amides is 1. The second-order valence-electron chi connectivity index (χ2n) is 6.58. The molecule has 0 fully saturated rings. The molecule has 0 radical (unpaired) electrons. The van der Waals surface area contributed by atoms with E-state index in [0.29, 0.717) is 5.69 Å². The van der Waals surface area contributed by atoms with Gasteiger partial charge in [0.05, 0.1) is 11.9 Å². The fourth-order valence-electron chi connectivity index (χ4n) is 2.18. The Morgan fingerprint density at radius 2 is 1.70 bits per heavy atom. The van der Waals surface area contributed by atoms with Crippen molar-refractivity contribution in [2.24, 2.45) is 5.92 Å². The molecule has 0 saturated heterocycles. The third-order valence-electron chi connectivity index (χ3n) is 3.90. The number of anilines is 1. The van der Waals surface area contributed by atoms with Crippen LogP contribution in [0.3, 0.4) is 0 Å². The molecule has 0 aliphatic carbocycles. The maximum atomic E-state index is 12.3. The van der Waals surface area contributed by atoms with E-state index in [9.17, 15) is 13.2 Å². The lowest BCUT2D eigenvalue weighted by Crippen LogP contribution is -2.45. The van der Waals surface area contributed by atoms with Crippen molar-refractivity contribution in [3.8, 4) is 0 Å². The van der Waals surface area contributed by atoms with Crippen molar-refractivity contribution >= 4 is 21.6 Å². The van der Waals surface area contributed by atoms with Gasteiger partial charge in [0.25, 0.3) is 0 Å². The quantitative estimate of drug-likeness (QED) is 0.830. The minimum absolute atomic E-state index is 0.00995. The zero-order valence-electron chi connectivity index (χ0n) is 14.8. The third kappa shape index (κ3) is 5.53. The van der Waals surface area contributed by atoms with Crippen molar-refractivity contribution in [3.05, 3.63) is 29.8 Å². The van der Waals surface area contributed by atoms with E-state index in [1.54, 1.807) is 12.1 Å². The van der Waals surface area contributed by atoms with E-state index >= 15 is 0 Å². The summed E-state index contributed by atoms with van der Waals surface area (Å²) in [6, 6.07) is 7.29. The molecule has 1 aromatic rings. The Labute approximate surface area is 140 Å². The van der Waals surface area contributed by atoms with Gasteiger partial charge in [-0.05, 0) is 30.4 Å². The minimum atomic E-state index is -3.55. The van der Waals surface area contributed by atoms with Crippen LogP contribution >= 0.6 is 0 Å². The summed E-state index contributed by atoms with van der Waals surface area (Å²) in [5.41, 5.74) is 1.47. The molecule has 1 aromatic carbocycles. The topological polar surface area (TPSA) is 66.5 Å². The maximum Gasteiger partial charge on any atom is 0.240 e. The van der Waals surface area contributed by atoms with E-state index in [1.165, 1.54) is 4.31 Å². The van der Waals surface area contributed by atoms with Crippen LogP contribution in [0, 0.1) is 5.92 Å². The van der Waals surface area contributed by atoms with Crippen LogP contribution < -0.4 is 9.62 Å². The van der Waals surface area contributed by atoms with Gasteiger partial charge in [-0.3, -0.25) is 9.10 Å². The summed E-state index contributed by atoms with van der Waals surface area (Å²) in [5.74, 6) is 0.150. The Morgan fingerprint density at radius 3 is 2.17 bits per heavy atom. The predicted molar refractivity (Wildman–Crippen MR) is 95.2 cm³/mol. The number of rotatable bonds is 7. The fourth-order valence-corrected chi connectivity index (χ4v) is 3.06. The first kappa shape index (κ1) is 19.5. The Balaban J connectivity index is 3.11. The van der Waals surface area contributed by atoms with Crippen molar-refractivity contribution in [2.45, 2.75) is 46.6 Å². The Kier molecular flexibility index (Phi) is 6.62. The van der Waals surface area contributed by atoms with E-state index in [1.807, 2.05) is 46.8 Å². The molecule has 5 nitrogen and oxygen atoms in total. The van der Waals surface area contributed by atoms with Gasteiger partial charge in [-0.2, -0.15) is 0 Å². The summed E-state index contributed by atoms with van der Waals surface area (Å²) < 4.78 is 25.6. The number of benzene rings is 1. The second-order valence-corrected chi connectivity index (χ2v) is 8.49. The minimum Gasteiger partial charge on any atom is -0.352 e. The van der Waals surface area contributed by atoms with Gasteiger partial charge < -0.3 is 5.32 Å². The second kappa shape index (κ2) is 7.81. The highest BCUT2D eigenvalue weighted by Gasteiger charge is 2.24. The fraction of sp³-hybridized carbons (Fsp3) is 0.588. The molecular weight excluding hydrogens is 312 g/mol. The van der Waals surface area contributed by atoms with Crippen LogP contribution in [0.1, 0.15) is 46.1 Å². The van der Waals surface area contributed by atoms with Crippen molar-refractivity contribution in [1.82, 2.24) is 5.32 Å². The van der Waals surface area contributed by atoms with Crippen LogP contribution in [0.5, 0.6) is 0 Å². The summed E-state index contributed by atoms with van der Waals surface area (Å²) in [6.45, 7) is 9.72. The van der Waals surface area contributed by atoms with Crippen LogP contribution in [0.2, 0.25) is 0 Å². The first-order valence-electron chi connectivity index (χ1n) is 7.90. The SMILES string of the molecule is CC(C)c1ccccc1N(CC(=O)NC(C)C(C)C)S(C)(=O)=O. The van der Waals surface area contributed by atoms with Gasteiger partial charge in [-0.15, -0.1) is 0 Å². The number of nitrogens with one attached hydrogen (secondary N) is 1. The van der Waals surface area contributed by atoms with Gasteiger partial charge in [0.1, 0.15) is 6.54 Å². The Bertz CT molecular complexity index is 639. The van der Waals surface area contributed by atoms with Gasteiger partial charge in [0.2, 0.25) is 15.9 Å². The monoisotopic (exact) mass is 340 g/mol. The zero-order valence-corrected chi connectivity index (χ0v) is 15.6. The van der Waals surface area contributed by atoms with Crippen molar-refractivity contribution in [3.63, 3.8) is 0 Å². The summed E-state index contributed by atoms with van der Waals surface area (Å²) in [7, 11) is -3.55. The average molecular weight is 340 g/mol. The molecule has 0 spiro atoms. The number of hydrogen-bond acceptors (Lipinski definition) is 3. The van der Waals surface area contributed by atoms with Crippen LogP contribution in [0.25, 0.3) is 0 Å². The normalized spacial score (nSPS) is 13.2. The molecule has 0 aromatic heterocycles. The molecule has 0 heterocycles. The first-order valence-corrected chi connectivity index (χ1v) is 9.74. The largest absolute Gasteiger partial charge is 0.352 e. The van der Waals surface area contributed by atoms with Crippen molar-refractivity contribution in [1.29, 1.82) is 0 Å². The van der Waals surface area contributed by atoms with Crippen molar-refractivity contribution < 1.29 is 13.2 Å². The summed E-state index contributed by atoms with van der Waals surface area (Å²) in [5, 5.41) is 2.86. The zero-order chi connectivity index (χ0) is 17.8. The highest BCUT2D eigenvalue weighted by molar-refractivity contribution is 7.92. The highest BCUT2D eigenvalue weighted by Crippen LogP contribution is 2.28. The van der Waals surface area contributed by atoms with Gasteiger partial charge in [0, 0.05) is 6.04 Å². The third-order valence-corrected chi connectivity index (χ3v) is 5.03. The molecule has 1 amide bonds. The van der Waals surface area contributed by atoms with Gasteiger partial charge in [0.15, 0.2) is 0 Å². The van der Waals surface area contributed by atoms with E-state index in [4.69, 9.17) is 0 Å². The molecular formula is C17H28N2O3S. The summed E-state index contributed by atoms with van der Waals surface area (Å²) in [6.07, 6.45) is 1.13. The number of carbonyl (C=O) groups is 1. The number of nitrogens with zero attached hydrogens (tertiary/aromatic N) is 1. The number of sulfonamides is 1. The molecule has 0 aliphatic heterocycles. The van der Waals surface area contributed by atoms with Crippen LogP contribution in [-0.2, 0) is 14.8 Å². The lowest BCUT2D eigenvalue weighted by Gasteiger charge is -2.27. The standard InChI is InChI=1S/C17H28N2O3S/c1-12(2)14(5)18-17(20)11-19(23(6,21)22)16-10-8-7-9-15(16)13(3)4/h7-10,12-14H,11H2,1-6H3,(H,18,20). The molecule has 1 N–H and O–H groups in total. The van der Waals surface area contributed by atoms with Crippen LogP contribution in [0.4, 0.5) is 5.69 Å². The van der Waals surface area contributed by atoms with E-state index in [0.717, 1.165) is 11.8 Å². The maximum absolute atomic E-state index is 12.3. The predicted octanol–water partition coefficient (Wildman–Crippen LogP) is 2.74. The van der Waals surface area contributed by atoms with Crippen molar-refractivity contribution in [2.75, 3.05) is 17.1 Å².